The van der Waals surface area contributed by atoms with Crippen LogP contribution in [0.3, 0.4) is 0 Å². The number of aromatic nitrogens is 2. The number of benzene rings is 1. The van der Waals surface area contributed by atoms with Gasteiger partial charge in [-0.3, -0.25) is 0 Å². The number of sulfone groups is 1. The molecule has 0 bridgehead atoms. The van der Waals surface area contributed by atoms with Gasteiger partial charge in [-0.05, 0) is 0 Å². The number of hydrogen-bond donors (Lipinski definition) is 0. The van der Waals surface area contributed by atoms with Crippen LogP contribution in [0.4, 0.5) is 0 Å². The first-order valence-corrected chi connectivity index (χ1v) is 20.2. The van der Waals surface area contributed by atoms with Crippen molar-refractivity contribution in [2.24, 2.45) is 0 Å². The van der Waals surface area contributed by atoms with E-state index in [0.717, 1.165) is 27.6 Å². The van der Waals surface area contributed by atoms with Gasteiger partial charge in [-0.15, -0.1) is 0 Å². The molecule has 0 radical (unpaired) electrons. The molecule has 0 N–H and O–H groups in total. The van der Waals surface area contributed by atoms with E-state index in [9.17, 15) is 8.42 Å². The van der Waals surface area contributed by atoms with E-state index in [-0.39, 0.29) is 5.16 Å². The molecule has 1 heterocycles. The summed E-state index contributed by atoms with van der Waals surface area (Å²) in [6.45, 7) is 1.20. The number of aryl methyl sites for hydroxylation is 1. The summed E-state index contributed by atoms with van der Waals surface area (Å²) in [7, 11) is -3.40. The molecule has 25 heavy (non-hydrogen) atoms. The third kappa shape index (κ3) is 6.67. The van der Waals surface area contributed by atoms with Crippen LogP contribution in [0, 0.1) is 0 Å². The Morgan fingerprint density at radius 2 is 1.76 bits per heavy atom. The molecule has 2 aromatic rings. The average Bonchev–Trinajstić information content (AvgIpc) is 2.53. The second kappa shape index (κ2) is 8.60. The molecule has 1 aromatic heterocycles. The predicted octanol–water partition coefficient (Wildman–Crippen LogP) is 2.57. The van der Waals surface area contributed by atoms with Gasteiger partial charge in [-0.25, -0.2) is 0 Å². The van der Waals surface area contributed by atoms with Crippen LogP contribution in [0.2, 0.25) is 14.8 Å². The molecule has 0 unspecified atom stereocenters. The Kier molecular flexibility index (Phi) is 6.99. The maximum absolute atomic E-state index is 11.9. The van der Waals surface area contributed by atoms with E-state index >= 15 is 0 Å². The Labute approximate surface area is 154 Å². The second-order valence-corrected chi connectivity index (χ2v) is 23.4. The van der Waals surface area contributed by atoms with Gasteiger partial charge in [-0.2, -0.15) is 0 Å². The van der Waals surface area contributed by atoms with Crippen LogP contribution in [0.1, 0.15) is 17.7 Å². The van der Waals surface area contributed by atoms with E-state index in [2.05, 4.69) is 24.8 Å². The van der Waals surface area contributed by atoms with Crippen molar-refractivity contribution >= 4 is 31.9 Å². The zero-order valence-electron chi connectivity index (χ0n) is 15.3. The van der Waals surface area contributed by atoms with Crippen molar-refractivity contribution in [2.75, 3.05) is 12.9 Å². The van der Waals surface area contributed by atoms with Crippen molar-refractivity contribution < 1.29 is 13.2 Å². The van der Waals surface area contributed by atoms with Gasteiger partial charge in [0, 0.05) is 0 Å². The number of hydrogen-bond acceptors (Lipinski definition) is 5. The number of rotatable bonds is 8. The Hall–Kier alpha value is -0.991. The first-order valence-electron chi connectivity index (χ1n) is 8.36. The van der Waals surface area contributed by atoms with E-state index in [1.165, 1.54) is 0 Å². The quantitative estimate of drug-likeness (QED) is 0.338. The monoisotopic (exact) mass is 470 g/mol. The van der Waals surface area contributed by atoms with E-state index in [0.29, 0.717) is 19.6 Å². The van der Waals surface area contributed by atoms with Gasteiger partial charge in [0.15, 0.2) is 0 Å². The summed E-state index contributed by atoms with van der Waals surface area (Å²) in [5.74, 6) is 0. The van der Waals surface area contributed by atoms with Gasteiger partial charge in [0.2, 0.25) is 0 Å². The van der Waals surface area contributed by atoms with Crippen LogP contribution in [0.25, 0.3) is 0 Å². The Morgan fingerprint density at radius 3 is 2.36 bits per heavy atom. The molecule has 1 aromatic carbocycles. The molecule has 7 heteroatoms. The molecular formula is C18H26N2O3SSn. The number of ether oxygens (including phenoxy) is 1. The van der Waals surface area contributed by atoms with Crippen LogP contribution < -0.4 is 3.71 Å². The zero-order valence-corrected chi connectivity index (χ0v) is 19.0. The van der Waals surface area contributed by atoms with E-state index in [1.54, 1.807) is 0 Å². The molecule has 0 aliphatic carbocycles. The summed E-state index contributed by atoms with van der Waals surface area (Å²) in [4.78, 5) is 15.2. The fourth-order valence-corrected chi connectivity index (χ4v) is 6.02. The van der Waals surface area contributed by atoms with Crippen molar-refractivity contribution in [3.8, 4) is 0 Å². The molecule has 0 aliphatic heterocycles. The van der Waals surface area contributed by atoms with Gasteiger partial charge in [0.25, 0.3) is 0 Å². The number of nitrogens with zero attached hydrogens (tertiary/aromatic N) is 2. The maximum atomic E-state index is 11.9. The topological polar surface area (TPSA) is 69.2 Å². The van der Waals surface area contributed by atoms with Crippen LogP contribution >= 0.6 is 0 Å². The average molecular weight is 469 g/mol. The third-order valence-corrected chi connectivity index (χ3v) is 9.66. The zero-order chi connectivity index (χ0) is 18.5. The molecule has 136 valence electrons. The predicted molar refractivity (Wildman–Crippen MR) is 103 cm³/mol. The minimum absolute atomic E-state index is 0.0446. The minimum atomic E-state index is -3.40. The van der Waals surface area contributed by atoms with Gasteiger partial charge in [0.1, 0.15) is 0 Å². The van der Waals surface area contributed by atoms with Crippen molar-refractivity contribution in [1.29, 1.82) is 0 Å². The first kappa shape index (κ1) is 20.3. The van der Waals surface area contributed by atoms with Crippen molar-refractivity contribution in [1.82, 2.24) is 9.97 Å². The Bertz CT molecular complexity index is 803. The molecule has 2 rings (SSSR count). The van der Waals surface area contributed by atoms with Crippen LogP contribution in [-0.2, 0) is 27.6 Å². The van der Waals surface area contributed by atoms with Gasteiger partial charge >= 0.3 is 155 Å². The van der Waals surface area contributed by atoms with Gasteiger partial charge in [0.05, 0.1) is 0 Å². The third-order valence-electron chi connectivity index (χ3n) is 3.69. The van der Waals surface area contributed by atoms with Gasteiger partial charge in [-0.1, -0.05) is 0 Å². The molecule has 5 nitrogen and oxygen atoms in total. The molecule has 0 aliphatic rings. The molecular weight excluding hydrogens is 443 g/mol. The summed E-state index contributed by atoms with van der Waals surface area (Å²) >= 11 is -2.48. The van der Waals surface area contributed by atoms with Gasteiger partial charge < -0.3 is 0 Å². The van der Waals surface area contributed by atoms with E-state index < -0.39 is 28.2 Å². The van der Waals surface area contributed by atoms with Crippen molar-refractivity contribution in [3.63, 3.8) is 0 Å². The molecule has 0 amide bonds. The first-order chi connectivity index (χ1) is 11.7. The summed E-state index contributed by atoms with van der Waals surface area (Å²) in [6, 6.07) is 12.0. The molecule has 0 spiro atoms. The summed E-state index contributed by atoms with van der Waals surface area (Å²) < 4.78 is 30.4. The second-order valence-electron chi connectivity index (χ2n) is 7.19. The molecule has 0 fully saturated rings. The molecule has 0 saturated carbocycles. The SMILES string of the molecule is CS(=O)(=O)c1nc(CCCOCc2ccccc2)c[c]([Sn]([CH3])([CH3])[CH3])n1. The normalized spacial score (nSPS) is 12.3. The van der Waals surface area contributed by atoms with E-state index in [1.807, 2.05) is 36.4 Å². The standard InChI is InChI=1S/C15H17N2O3S.3CH3.Sn/c1-21(18,19)15-16-10-9-14(17-15)8-5-11-20-12-13-6-3-2-4-7-13;;;;/h2-4,6-7,9H,5,8,11-12H2,1H3;3*1H3;. The van der Waals surface area contributed by atoms with Crippen molar-refractivity contribution in [2.45, 2.75) is 39.4 Å². The Balaban J connectivity index is 1.99. The fraction of sp³-hybridized carbons (Fsp3) is 0.444. The molecule has 0 atom stereocenters. The van der Waals surface area contributed by atoms with Crippen LogP contribution in [-0.4, -0.2) is 49.6 Å². The fourth-order valence-electron chi connectivity index (χ4n) is 2.27. The summed E-state index contributed by atoms with van der Waals surface area (Å²) in [6.07, 6.45) is 2.65. The van der Waals surface area contributed by atoms with Crippen LogP contribution in [0.5, 0.6) is 0 Å². The summed E-state index contributed by atoms with van der Waals surface area (Å²) in [5.41, 5.74) is 1.94. The van der Waals surface area contributed by atoms with Crippen molar-refractivity contribution in [3.05, 3.63) is 47.7 Å². The summed E-state index contributed by atoms with van der Waals surface area (Å²) in [5, 5.41) is -0.0446. The Morgan fingerprint density at radius 1 is 1.08 bits per heavy atom. The molecule has 0 saturated heterocycles. The van der Waals surface area contributed by atoms with E-state index in [4.69, 9.17) is 4.74 Å². The van der Waals surface area contributed by atoms with Crippen LogP contribution in [0.15, 0.2) is 41.6 Å².